The molecule has 0 bridgehead atoms. The zero-order chi connectivity index (χ0) is 15.2. The van der Waals surface area contributed by atoms with Crippen molar-refractivity contribution < 1.29 is 4.79 Å². The van der Waals surface area contributed by atoms with Gasteiger partial charge in [0, 0.05) is 38.0 Å². The fraction of sp³-hybridized carbons (Fsp3) is 0.600. The summed E-state index contributed by atoms with van der Waals surface area (Å²) in [5.74, 6) is 1.05. The van der Waals surface area contributed by atoms with Crippen LogP contribution in [-0.4, -0.2) is 56.9 Å². The van der Waals surface area contributed by atoms with Crippen molar-refractivity contribution in [3.05, 3.63) is 12.5 Å². The van der Waals surface area contributed by atoms with Crippen molar-refractivity contribution in [2.75, 3.05) is 31.1 Å². The Morgan fingerprint density at radius 3 is 2.86 bits per heavy atom. The molecule has 0 unspecified atom stereocenters. The molecule has 4 heterocycles. The summed E-state index contributed by atoms with van der Waals surface area (Å²) in [4.78, 5) is 32.4. The minimum absolute atomic E-state index is 0.167. The zero-order valence-electron chi connectivity index (χ0n) is 12.7. The number of imidazole rings is 1. The number of amides is 1. The molecule has 0 aliphatic carbocycles. The third-order valence-corrected chi connectivity index (χ3v) is 5.06. The number of carbonyl (C=O) groups excluding carboxylic acids is 1. The molecule has 116 valence electrons. The number of carbonyl (C=O) groups is 1. The summed E-state index contributed by atoms with van der Waals surface area (Å²) in [5.41, 5.74) is 1.73. The maximum atomic E-state index is 12.0. The van der Waals surface area contributed by atoms with Crippen molar-refractivity contribution in [1.82, 2.24) is 24.8 Å². The second-order valence-corrected chi connectivity index (χ2v) is 6.38. The van der Waals surface area contributed by atoms with Crippen LogP contribution >= 0.6 is 0 Å². The van der Waals surface area contributed by atoms with E-state index in [-0.39, 0.29) is 5.41 Å². The Hall–Kier alpha value is -2.18. The van der Waals surface area contributed by atoms with Crippen LogP contribution in [0.2, 0.25) is 0 Å². The Balaban J connectivity index is 1.48. The predicted octanol–water partition coefficient (Wildman–Crippen LogP) is 1.19. The maximum Gasteiger partial charge on any atom is 0.227 e. The van der Waals surface area contributed by atoms with E-state index in [0.29, 0.717) is 18.0 Å². The van der Waals surface area contributed by atoms with Crippen LogP contribution in [0.5, 0.6) is 0 Å². The zero-order valence-corrected chi connectivity index (χ0v) is 12.7. The molecule has 0 atom stereocenters. The van der Waals surface area contributed by atoms with Crippen LogP contribution in [0.4, 0.5) is 5.95 Å². The van der Waals surface area contributed by atoms with Crippen molar-refractivity contribution in [3.8, 4) is 0 Å². The summed E-state index contributed by atoms with van der Waals surface area (Å²) in [7, 11) is 0. The number of aromatic nitrogens is 4. The highest BCUT2D eigenvalue weighted by atomic mass is 16.2. The van der Waals surface area contributed by atoms with E-state index >= 15 is 0 Å². The van der Waals surface area contributed by atoms with Crippen LogP contribution in [0.1, 0.15) is 26.2 Å². The van der Waals surface area contributed by atoms with Gasteiger partial charge < -0.3 is 14.8 Å². The van der Waals surface area contributed by atoms with E-state index in [9.17, 15) is 4.79 Å². The van der Waals surface area contributed by atoms with Gasteiger partial charge >= 0.3 is 0 Å². The Morgan fingerprint density at radius 2 is 2.14 bits per heavy atom. The van der Waals surface area contributed by atoms with Gasteiger partial charge in [-0.3, -0.25) is 4.79 Å². The van der Waals surface area contributed by atoms with Gasteiger partial charge in [0.25, 0.3) is 0 Å². The van der Waals surface area contributed by atoms with E-state index in [2.05, 4.69) is 31.8 Å². The number of H-pyrrole nitrogens is 1. The molecular formula is C15H20N6O. The number of rotatable bonds is 2. The second kappa shape index (κ2) is 4.93. The first-order valence-electron chi connectivity index (χ1n) is 7.88. The second-order valence-electron chi connectivity index (χ2n) is 6.38. The van der Waals surface area contributed by atoms with Crippen molar-refractivity contribution in [1.29, 1.82) is 0 Å². The highest BCUT2D eigenvalue weighted by molar-refractivity contribution is 5.79. The Kier molecular flexibility index (Phi) is 3.02. The van der Waals surface area contributed by atoms with Gasteiger partial charge in [0.2, 0.25) is 11.9 Å². The lowest BCUT2D eigenvalue weighted by Gasteiger charge is -2.38. The molecule has 2 aromatic rings. The topological polar surface area (TPSA) is 78.0 Å². The van der Waals surface area contributed by atoms with Crippen LogP contribution < -0.4 is 4.90 Å². The molecule has 1 N–H and O–H groups in total. The Morgan fingerprint density at radius 1 is 1.32 bits per heavy atom. The quantitative estimate of drug-likeness (QED) is 0.901. The van der Waals surface area contributed by atoms with Crippen molar-refractivity contribution in [3.63, 3.8) is 0 Å². The van der Waals surface area contributed by atoms with Crippen LogP contribution in [0.3, 0.4) is 0 Å². The van der Waals surface area contributed by atoms with E-state index < -0.39 is 0 Å². The molecule has 2 aliphatic rings. The van der Waals surface area contributed by atoms with Crippen molar-refractivity contribution in [2.45, 2.75) is 26.2 Å². The van der Waals surface area contributed by atoms with E-state index in [0.717, 1.165) is 50.5 Å². The molecule has 22 heavy (non-hydrogen) atoms. The van der Waals surface area contributed by atoms with Crippen LogP contribution in [-0.2, 0) is 4.79 Å². The van der Waals surface area contributed by atoms with Gasteiger partial charge in [-0.2, -0.15) is 4.98 Å². The number of hydrogen-bond donors (Lipinski definition) is 1. The van der Waals surface area contributed by atoms with Gasteiger partial charge in [-0.1, -0.05) is 0 Å². The Bertz CT molecular complexity index is 703. The van der Waals surface area contributed by atoms with Gasteiger partial charge in [-0.15, -0.1) is 0 Å². The summed E-state index contributed by atoms with van der Waals surface area (Å²) in [6.07, 6.45) is 6.17. The summed E-state index contributed by atoms with van der Waals surface area (Å²) < 4.78 is 0. The Labute approximate surface area is 128 Å². The van der Waals surface area contributed by atoms with Crippen molar-refractivity contribution >= 4 is 23.0 Å². The first-order valence-corrected chi connectivity index (χ1v) is 7.88. The predicted molar refractivity (Wildman–Crippen MR) is 82.4 cm³/mol. The third kappa shape index (κ3) is 2.12. The molecule has 2 aliphatic heterocycles. The molecule has 7 nitrogen and oxygen atoms in total. The van der Waals surface area contributed by atoms with Crippen molar-refractivity contribution in [2.24, 2.45) is 5.41 Å². The highest BCUT2D eigenvalue weighted by Gasteiger charge is 2.44. The summed E-state index contributed by atoms with van der Waals surface area (Å²) in [6.45, 7) is 5.60. The smallest absolute Gasteiger partial charge is 0.227 e. The fourth-order valence-electron chi connectivity index (χ4n) is 3.67. The number of anilines is 1. The first-order chi connectivity index (χ1) is 10.7. The fourth-order valence-corrected chi connectivity index (χ4v) is 3.67. The molecule has 4 rings (SSSR count). The highest BCUT2D eigenvalue weighted by Crippen LogP contribution is 2.41. The van der Waals surface area contributed by atoms with E-state index in [4.69, 9.17) is 0 Å². The number of fused-ring (bicyclic) bond motifs is 1. The average molecular weight is 300 g/mol. The summed E-state index contributed by atoms with van der Waals surface area (Å²) >= 11 is 0. The van der Waals surface area contributed by atoms with Gasteiger partial charge in [-0.05, 0) is 19.8 Å². The molecule has 1 amide bonds. The SMILES string of the molecule is CCN1CC2(CCN(c3ncc4[nH]cnc4n3)CC2)CC1=O. The molecule has 2 aromatic heterocycles. The van der Waals surface area contributed by atoms with Gasteiger partial charge in [0.15, 0.2) is 5.65 Å². The number of nitrogens with zero attached hydrogens (tertiary/aromatic N) is 5. The van der Waals surface area contributed by atoms with Crippen LogP contribution in [0, 0.1) is 5.41 Å². The molecular weight excluding hydrogens is 280 g/mol. The van der Waals surface area contributed by atoms with Gasteiger partial charge in [0.05, 0.1) is 12.5 Å². The molecule has 0 saturated carbocycles. The summed E-state index contributed by atoms with van der Waals surface area (Å²) in [5, 5.41) is 0. The molecule has 0 radical (unpaired) electrons. The number of nitrogens with one attached hydrogen (secondary N) is 1. The molecule has 0 aromatic carbocycles. The lowest BCUT2D eigenvalue weighted by atomic mass is 9.78. The maximum absolute atomic E-state index is 12.0. The van der Waals surface area contributed by atoms with E-state index in [1.807, 2.05) is 4.90 Å². The number of likely N-dealkylation sites (tertiary alicyclic amines) is 1. The van der Waals surface area contributed by atoms with Crippen LogP contribution in [0.15, 0.2) is 12.5 Å². The van der Waals surface area contributed by atoms with E-state index in [1.54, 1.807) is 12.5 Å². The third-order valence-electron chi connectivity index (χ3n) is 5.06. The van der Waals surface area contributed by atoms with Gasteiger partial charge in [0.1, 0.15) is 5.52 Å². The largest absolute Gasteiger partial charge is 0.342 e. The number of piperidine rings is 1. The lowest BCUT2D eigenvalue weighted by Crippen LogP contribution is -2.42. The molecule has 7 heteroatoms. The van der Waals surface area contributed by atoms with Gasteiger partial charge in [-0.25, -0.2) is 9.97 Å². The number of aromatic amines is 1. The first kappa shape index (κ1) is 13.5. The van der Waals surface area contributed by atoms with E-state index in [1.165, 1.54) is 0 Å². The van der Waals surface area contributed by atoms with Crippen LogP contribution in [0.25, 0.3) is 11.2 Å². The number of hydrogen-bond acceptors (Lipinski definition) is 5. The molecule has 2 fully saturated rings. The monoisotopic (exact) mass is 300 g/mol. The average Bonchev–Trinajstić information content (AvgIpc) is 3.12. The normalized spacial score (nSPS) is 21.2. The standard InChI is InChI=1S/C15H20N6O/c1-2-20-9-15(7-12(20)22)3-5-21(6-4-15)14-16-8-11-13(19-14)18-10-17-11/h8,10H,2-7,9H2,1H3,(H,16,17,18,19). The summed E-state index contributed by atoms with van der Waals surface area (Å²) in [6, 6.07) is 0. The molecule has 2 saturated heterocycles. The minimum atomic E-state index is 0.167. The lowest BCUT2D eigenvalue weighted by molar-refractivity contribution is -0.127. The minimum Gasteiger partial charge on any atom is -0.342 e. The molecule has 1 spiro atoms.